The van der Waals surface area contributed by atoms with Crippen molar-refractivity contribution in [3.63, 3.8) is 0 Å². The van der Waals surface area contributed by atoms with Crippen molar-refractivity contribution in [3.05, 3.63) is 11.8 Å². The summed E-state index contributed by atoms with van der Waals surface area (Å²) in [6, 6.07) is 1.94. The Morgan fingerprint density at radius 2 is 2.30 bits per heavy atom. The van der Waals surface area contributed by atoms with Crippen LogP contribution in [0.25, 0.3) is 0 Å². The Morgan fingerprint density at radius 3 is 2.87 bits per heavy atom. The zero-order chi connectivity index (χ0) is 17.0. The third kappa shape index (κ3) is 4.76. The molecule has 0 aliphatic carbocycles. The molecule has 0 bridgehead atoms. The van der Waals surface area contributed by atoms with Crippen molar-refractivity contribution >= 4 is 11.8 Å². The maximum Gasteiger partial charge on any atom is 0.240 e. The van der Waals surface area contributed by atoms with E-state index < -0.39 is 0 Å². The van der Waals surface area contributed by atoms with E-state index in [4.69, 9.17) is 15.0 Å². The molecule has 2 unspecified atom stereocenters. The number of nitrogens with zero attached hydrogens (tertiary/aromatic N) is 2. The molecule has 1 aromatic rings. The van der Waals surface area contributed by atoms with E-state index in [1.54, 1.807) is 13.2 Å². The van der Waals surface area contributed by atoms with E-state index in [1.165, 1.54) is 0 Å². The number of likely N-dealkylation sites (tertiary alicyclic amines) is 1. The van der Waals surface area contributed by atoms with Crippen molar-refractivity contribution in [3.8, 4) is 0 Å². The standard InChI is InChI=1S/C16H28N4O3/c1-16(2,3)13-8-15(23-19-13)18-14(21)10-20-6-5-12(22-4)7-11(20)9-17/h8,11-12H,5-7,9-10,17H2,1-4H3,(H,18,21). The van der Waals surface area contributed by atoms with Crippen molar-refractivity contribution in [1.29, 1.82) is 0 Å². The average Bonchev–Trinajstić information content (AvgIpc) is 2.96. The molecule has 1 amide bonds. The number of hydrogen-bond donors (Lipinski definition) is 2. The van der Waals surface area contributed by atoms with Crippen LogP contribution in [0, 0.1) is 0 Å². The minimum atomic E-state index is -0.115. The van der Waals surface area contributed by atoms with E-state index in [2.05, 4.69) is 15.4 Å². The zero-order valence-corrected chi connectivity index (χ0v) is 14.5. The van der Waals surface area contributed by atoms with Gasteiger partial charge in [-0.1, -0.05) is 25.9 Å². The van der Waals surface area contributed by atoms with Crippen molar-refractivity contribution < 1.29 is 14.1 Å². The van der Waals surface area contributed by atoms with E-state index in [-0.39, 0.29) is 23.5 Å². The van der Waals surface area contributed by atoms with Gasteiger partial charge < -0.3 is 15.0 Å². The maximum absolute atomic E-state index is 12.2. The van der Waals surface area contributed by atoms with Gasteiger partial charge in [0.15, 0.2) is 0 Å². The second-order valence-corrected chi connectivity index (χ2v) is 7.12. The molecule has 0 saturated carbocycles. The number of carbonyl (C=O) groups excluding carboxylic acids is 1. The Morgan fingerprint density at radius 1 is 1.57 bits per heavy atom. The molecule has 2 rings (SSSR count). The van der Waals surface area contributed by atoms with Gasteiger partial charge in [0.05, 0.1) is 18.3 Å². The molecule has 1 aliphatic rings. The average molecular weight is 324 g/mol. The highest BCUT2D eigenvalue weighted by Crippen LogP contribution is 2.24. The number of aromatic nitrogens is 1. The first-order valence-corrected chi connectivity index (χ1v) is 8.07. The second-order valence-electron chi connectivity index (χ2n) is 7.12. The van der Waals surface area contributed by atoms with Gasteiger partial charge in [0.25, 0.3) is 0 Å². The van der Waals surface area contributed by atoms with Gasteiger partial charge in [-0.25, -0.2) is 0 Å². The van der Waals surface area contributed by atoms with E-state index in [1.807, 2.05) is 20.8 Å². The van der Waals surface area contributed by atoms with Crippen molar-refractivity contribution in [2.45, 2.75) is 51.2 Å². The summed E-state index contributed by atoms with van der Waals surface area (Å²) < 4.78 is 10.6. The van der Waals surface area contributed by atoms with E-state index in [0.717, 1.165) is 25.1 Å². The molecule has 23 heavy (non-hydrogen) atoms. The van der Waals surface area contributed by atoms with Crippen LogP contribution in [-0.4, -0.2) is 54.9 Å². The Hall–Kier alpha value is -1.44. The summed E-state index contributed by atoms with van der Waals surface area (Å²) in [6.45, 7) is 7.75. The van der Waals surface area contributed by atoms with Gasteiger partial charge in [0.1, 0.15) is 0 Å². The van der Waals surface area contributed by atoms with Crippen LogP contribution in [0.15, 0.2) is 10.6 Å². The Labute approximate surface area is 137 Å². The molecule has 1 aliphatic heterocycles. The van der Waals surface area contributed by atoms with Crippen LogP contribution < -0.4 is 11.1 Å². The smallest absolute Gasteiger partial charge is 0.240 e. The lowest BCUT2D eigenvalue weighted by molar-refractivity contribution is -0.119. The predicted molar refractivity (Wildman–Crippen MR) is 88.3 cm³/mol. The molecule has 0 spiro atoms. The SMILES string of the molecule is COC1CCN(CC(=O)Nc2cc(C(C)(C)C)no2)C(CN)C1. The number of ether oxygens (including phenoxy) is 1. The highest BCUT2D eigenvalue weighted by atomic mass is 16.5. The van der Waals surface area contributed by atoms with Crippen LogP contribution in [0.2, 0.25) is 0 Å². The number of amides is 1. The largest absolute Gasteiger partial charge is 0.381 e. The summed E-state index contributed by atoms with van der Waals surface area (Å²) in [4.78, 5) is 14.3. The molecule has 130 valence electrons. The number of hydrogen-bond acceptors (Lipinski definition) is 6. The number of nitrogens with two attached hydrogens (primary N) is 1. The Balaban J connectivity index is 1.90. The molecule has 3 N–H and O–H groups in total. The third-order valence-electron chi connectivity index (χ3n) is 4.28. The lowest BCUT2D eigenvalue weighted by Crippen LogP contribution is -2.50. The molecule has 7 nitrogen and oxygen atoms in total. The molecular formula is C16H28N4O3. The van der Waals surface area contributed by atoms with Crippen LogP contribution in [-0.2, 0) is 14.9 Å². The van der Waals surface area contributed by atoms with Crippen molar-refractivity contribution in [2.24, 2.45) is 5.73 Å². The minimum absolute atomic E-state index is 0.112. The van der Waals surface area contributed by atoms with Gasteiger partial charge in [0.2, 0.25) is 11.8 Å². The molecule has 2 atom stereocenters. The number of methoxy groups -OCH3 is 1. The normalized spacial score (nSPS) is 23.0. The van der Waals surface area contributed by atoms with E-state index in [0.29, 0.717) is 19.0 Å². The molecule has 1 saturated heterocycles. The van der Waals surface area contributed by atoms with Gasteiger partial charge in [-0.2, -0.15) is 0 Å². The Kier molecular flexibility index (Phi) is 5.78. The van der Waals surface area contributed by atoms with Crippen LogP contribution in [0.3, 0.4) is 0 Å². The van der Waals surface area contributed by atoms with Crippen molar-refractivity contribution in [1.82, 2.24) is 10.1 Å². The van der Waals surface area contributed by atoms with Crippen LogP contribution in [0.5, 0.6) is 0 Å². The van der Waals surface area contributed by atoms with Crippen LogP contribution in [0.4, 0.5) is 5.88 Å². The first-order chi connectivity index (χ1) is 10.8. The summed E-state index contributed by atoms with van der Waals surface area (Å²) in [5, 5.41) is 6.77. The summed E-state index contributed by atoms with van der Waals surface area (Å²) in [5.74, 6) is 0.270. The number of anilines is 1. The maximum atomic E-state index is 12.2. The monoisotopic (exact) mass is 324 g/mol. The van der Waals surface area contributed by atoms with Gasteiger partial charge in [-0.3, -0.25) is 15.0 Å². The van der Waals surface area contributed by atoms with E-state index >= 15 is 0 Å². The Bertz CT molecular complexity index is 524. The molecule has 1 fully saturated rings. The highest BCUT2D eigenvalue weighted by molar-refractivity contribution is 5.91. The zero-order valence-electron chi connectivity index (χ0n) is 14.5. The molecule has 1 aromatic heterocycles. The molecular weight excluding hydrogens is 296 g/mol. The quantitative estimate of drug-likeness (QED) is 0.849. The first kappa shape index (κ1) is 17.9. The summed E-state index contributed by atoms with van der Waals surface area (Å²) in [7, 11) is 1.72. The summed E-state index contributed by atoms with van der Waals surface area (Å²) >= 11 is 0. The highest BCUT2D eigenvalue weighted by Gasteiger charge is 2.29. The number of carbonyl (C=O) groups is 1. The molecule has 0 aromatic carbocycles. The van der Waals surface area contributed by atoms with Gasteiger partial charge >= 0.3 is 0 Å². The summed E-state index contributed by atoms with van der Waals surface area (Å²) in [5.41, 5.74) is 6.53. The first-order valence-electron chi connectivity index (χ1n) is 8.07. The number of nitrogens with one attached hydrogen (secondary N) is 1. The summed E-state index contributed by atoms with van der Waals surface area (Å²) in [6.07, 6.45) is 2.00. The lowest BCUT2D eigenvalue weighted by atomic mass is 9.92. The third-order valence-corrected chi connectivity index (χ3v) is 4.28. The number of rotatable bonds is 5. The van der Waals surface area contributed by atoms with Crippen molar-refractivity contribution in [2.75, 3.05) is 32.1 Å². The van der Waals surface area contributed by atoms with Gasteiger partial charge in [-0.15, -0.1) is 0 Å². The minimum Gasteiger partial charge on any atom is -0.381 e. The van der Waals surface area contributed by atoms with Gasteiger partial charge in [0, 0.05) is 37.7 Å². The van der Waals surface area contributed by atoms with Crippen LogP contribution >= 0.6 is 0 Å². The van der Waals surface area contributed by atoms with Gasteiger partial charge in [-0.05, 0) is 12.8 Å². The molecule has 0 radical (unpaired) electrons. The molecule has 2 heterocycles. The second kappa shape index (κ2) is 7.42. The molecule has 7 heteroatoms. The number of piperidine rings is 1. The van der Waals surface area contributed by atoms with E-state index in [9.17, 15) is 4.79 Å². The fraction of sp³-hybridized carbons (Fsp3) is 0.750. The predicted octanol–water partition coefficient (Wildman–Crippen LogP) is 1.35. The lowest BCUT2D eigenvalue weighted by Gasteiger charge is -2.37. The van der Waals surface area contributed by atoms with Crippen LogP contribution in [0.1, 0.15) is 39.3 Å². The fourth-order valence-electron chi connectivity index (χ4n) is 2.78. The topological polar surface area (TPSA) is 93.6 Å². The fourth-order valence-corrected chi connectivity index (χ4v) is 2.78.